The maximum Gasteiger partial charge on any atom is 0.233 e. The number of carbonyl (C=O) groups is 1. The van der Waals surface area contributed by atoms with E-state index in [-0.39, 0.29) is 11.9 Å². The van der Waals surface area contributed by atoms with E-state index in [4.69, 9.17) is 18.0 Å². The average molecular weight is 243 g/mol. The fourth-order valence-corrected chi connectivity index (χ4v) is 1.89. The summed E-state index contributed by atoms with van der Waals surface area (Å²) >= 11 is 4.94. The monoisotopic (exact) mass is 243 g/mol. The molecule has 0 aromatic heterocycles. The number of nitrogens with two attached hydrogens (primary N) is 1. The predicted molar refractivity (Wildman–Crippen MR) is 69.2 cm³/mol. The lowest BCUT2D eigenvalue weighted by Gasteiger charge is -2.20. The number of carbonyl (C=O) groups excluding carboxylic acids is 1. The Kier molecular flexibility index (Phi) is 4.27. The summed E-state index contributed by atoms with van der Waals surface area (Å²) in [4.78, 5) is 14.4. The summed E-state index contributed by atoms with van der Waals surface area (Å²) in [6.07, 6.45) is 2.54. The minimum atomic E-state index is -0.526. The highest BCUT2D eigenvalue weighted by Crippen LogP contribution is 2.46. The first-order chi connectivity index (χ1) is 7.38. The standard InChI is InChI=1S/C11H21N3OS/c1-8(4-7-14(2)3)13-10(15)11(5-6-11)9(12)16/h8H,4-7H2,1-3H3,(H2,12,16)(H,13,15). The molecule has 1 saturated carbocycles. The van der Waals surface area contributed by atoms with Gasteiger partial charge in [0.05, 0.1) is 10.4 Å². The van der Waals surface area contributed by atoms with Crippen molar-refractivity contribution in [3.8, 4) is 0 Å². The highest BCUT2D eigenvalue weighted by atomic mass is 32.1. The Morgan fingerprint density at radius 2 is 2.12 bits per heavy atom. The van der Waals surface area contributed by atoms with E-state index in [1.807, 2.05) is 21.0 Å². The van der Waals surface area contributed by atoms with Crippen molar-refractivity contribution in [2.75, 3.05) is 20.6 Å². The van der Waals surface area contributed by atoms with Crippen molar-refractivity contribution < 1.29 is 4.79 Å². The Hall–Kier alpha value is -0.680. The fourth-order valence-electron chi connectivity index (χ4n) is 1.60. The second-order valence-electron chi connectivity index (χ2n) is 4.91. The molecule has 0 heterocycles. The smallest absolute Gasteiger partial charge is 0.233 e. The second kappa shape index (κ2) is 5.10. The van der Waals surface area contributed by atoms with Crippen LogP contribution in [0.25, 0.3) is 0 Å². The summed E-state index contributed by atoms with van der Waals surface area (Å²) in [6, 6.07) is 0.168. The van der Waals surface area contributed by atoms with E-state index < -0.39 is 5.41 Å². The summed E-state index contributed by atoms with van der Waals surface area (Å²) in [5.41, 5.74) is 5.07. The molecule has 1 aliphatic carbocycles. The fraction of sp³-hybridized carbons (Fsp3) is 0.818. The average Bonchev–Trinajstić information content (AvgIpc) is 2.95. The summed E-state index contributed by atoms with van der Waals surface area (Å²) in [5, 5.41) is 2.99. The SMILES string of the molecule is CC(CCN(C)C)NC(=O)C1(C(N)=S)CC1. The first-order valence-electron chi connectivity index (χ1n) is 5.64. The number of amides is 1. The van der Waals surface area contributed by atoms with E-state index in [1.54, 1.807) is 0 Å². The van der Waals surface area contributed by atoms with Crippen LogP contribution in [-0.4, -0.2) is 42.5 Å². The zero-order chi connectivity index (χ0) is 12.3. The van der Waals surface area contributed by atoms with Gasteiger partial charge >= 0.3 is 0 Å². The second-order valence-corrected chi connectivity index (χ2v) is 5.35. The van der Waals surface area contributed by atoms with Crippen LogP contribution in [0, 0.1) is 5.41 Å². The molecule has 0 spiro atoms. The van der Waals surface area contributed by atoms with E-state index >= 15 is 0 Å². The Labute approximate surface area is 103 Å². The molecule has 0 radical (unpaired) electrons. The van der Waals surface area contributed by atoms with Crippen molar-refractivity contribution in [3.63, 3.8) is 0 Å². The molecular formula is C11H21N3OS. The first kappa shape index (κ1) is 13.4. The van der Waals surface area contributed by atoms with E-state index in [0.29, 0.717) is 4.99 Å². The summed E-state index contributed by atoms with van der Waals surface area (Å²) in [5.74, 6) is 0.00579. The van der Waals surface area contributed by atoms with Crippen molar-refractivity contribution in [3.05, 3.63) is 0 Å². The van der Waals surface area contributed by atoms with Gasteiger partial charge < -0.3 is 16.0 Å². The van der Waals surface area contributed by atoms with Gasteiger partial charge in [-0.15, -0.1) is 0 Å². The molecule has 0 aromatic carbocycles. The van der Waals surface area contributed by atoms with Crippen molar-refractivity contribution in [2.45, 2.75) is 32.2 Å². The van der Waals surface area contributed by atoms with E-state index in [0.717, 1.165) is 25.8 Å². The van der Waals surface area contributed by atoms with Crippen LogP contribution in [0.5, 0.6) is 0 Å². The van der Waals surface area contributed by atoms with E-state index in [2.05, 4.69) is 10.2 Å². The van der Waals surface area contributed by atoms with Gasteiger partial charge in [-0.05, 0) is 46.8 Å². The van der Waals surface area contributed by atoms with Crippen molar-refractivity contribution in [1.82, 2.24) is 10.2 Å². The largest absolute Gasteiger partial charge is 0.392 e. The number of thiocarbonyl (C=S) groups is 1. The molecule has 92 valence electrons. The van der Waals surface area contributed by atoms with Gasteiger partial charge in [-0.25, -0.2) is 0 Å². The minimum absolute atomic E-state index is 0.00579. The number of nitrogens with one attached hydrogen (secondary N) is 1. The normalized spacial score (nSPS) is 19.2. The maximum absolute atomic E-state index is 11.9. The van der Waals surface area contributed by atoms with Crippen LogP contribution in [0.3, 0.4) is 0 Å². The number of rotatable bonds is 6. The quantitative estimate of drug-likeness (QED) is 0.667. The van der Waals surface area contributed by atoms with Gasteiger partial charge in [-0.1, -0.05) is 12.2 Å². The summed E-state index contributed by atoms with van der Waals surface area (Å²) < 4.78 is 0. The number of nitrogens with zero attached hydrogens (tertiary/aromatic N) is 1. The summed E-state index contributed by atoms with van der Waals surface area (Å²) in [6.45, 7) is 2.97. The zero-order valence-electron chi connectivity index (χ0n) is 10.2. The van der Waals surface area contributed by atoms with Crippen LogP contribution in [-0.2, 0) is 4.79 Å². The van der Waals surface area contributed by atoms with Crippen LogP contribution >= 0.6 is 12.2 Å². The van der Waals surface area contributed by atoms with Crippen LogP contribution in [0.2, 0.25) is 0 Å². The molecular weight excluding hydrogens is 222 g/mol. The zero-order valence-corrected chi connectivity index (χ0v) is 11.1. The van der Waals surface area contributed by atoms with Gasteiger partial charge in [0, 0.05) is 6.04 Å². The number of hydrogen-bond acceptors (Lipinski definition) is 3. The highest BCUT2D eigenvalue weighted by molar-refractivity contribution is 7.80. The van der Waals surface area contributed by atoms with Gasteiger partial charge in [0.1, 0.15) is 0 Å². The minimum Gasteiger partial charge on any atom is -0.392 e. The molecule has 4 nitrogen and oxygen atoms in total. The molecule has 1 rings (SSSR count). The molecule has 0 saturated heterocycles. The van der Waals surface area contributed by atoms with Gasteiger partial charge in [-0.3, -0.25) is 4.79 Å². The molecule has 1 amide bonds. The van der Waals surface area contributed by atoms with Gasteiger partial charge in [0.15, 0.2) is 0 Å². The van der Waals surface area contributed by atoms with Crippen molar-refractivity contribution in [2.24, 2.45) is 11.1 Å². The van der Waals surface area contributed by atoms with Crippen molar-refractivity contribution >= 4 is 23.1 Å². The van der Waals surface area contributed by atoms with Crippen LogP contribution in [0.1, 0.15) is 26.2 Å². The Morgan fingerprint density at radius 1 is 1.56 bits per heavy atom. The third-order valence-electron chi connectivity index (χ3n) is 3.04. The lowest BCUT2D eigenvalue weighted by molar-refractivity contribution is -0.124. The molecule has 16 heavy (non-hydrogen) atoms. The van der Waals surface area contributed by atoms with E-state index in [9.17, 15) is 4.79 Å². The molecule has 0 bridgehead atoms. The molecule has 1 fully saturated rings. The molecule has 3 N–H and O–H groups in total. The third-order valence-corrected chi connectivity index (χ3v) is 3.43. The lowest BCUT2D eigenvalue weighted by atomic mass is 10.1. The highest BCUT2D eigenvalue weighted by Gasteiger charge is 2.52. The van der Waals surface area contributed by atoms with Gasteiger partial charge in [0.2, 0.25) is 5.91 Å². The van der Waals surface area contributed by atoms with Crippen LogP contribution in [0.15, 0.2) is 0 Å². The first-order valence-corrected chi connectivity index (χ1v) is 6.05. The summed E-state index contributed by atoms with van der Waals surface area (Å²) in [7, 11) is 4.04. The topological polar surface area (TPSA) is 58.4 Å². The molecule has 5 heteroatoms. The van der Waals surface area contributed by atoms with E-state index in [1.165, 1.54) is 0 Å². The molecule has 1 atom stereocenters. The third kappa shape index (κ3) is 3.15. The Morgan fingerprint density at radius 3 is 2.50 bits per heavy atom. The Balaban J connectivity index is 2.37. The Bertz CT molecular complexity index is 287. The maximum atomic E-state index is 11.9. The van der Waals surface area contributed by atoms with Gasteiger partial charge in [0.25, 0.3) is 0 Å². The predicted octanol–water partition coefficient (Wildman–Crippen LogP) is 0.509. The van der Waals surface area contributed by atoms with Crippen LogP contribution < -0.4 is 11.1 Å². The molecule has 0 aromatic rings. The molecule has 1 aliphatic rings. The number of hydrogen-bond donors (Lipinski definition) is 2. The van der Waals surface area contributed by atoms with Gasteiger partial charge in [-0.2, -0.15) is 0 Å². The molecule has 0 aliphatic heterocycles. The van der Waals surface area contributed by atoms with Crippen molar-refractivity contribution in [1.29, 1.82) is 0 Å². The van der Waals surface area contributed by atoms with Crippen LogP contribution in [0.4, 0.5) is 0 Å². The molecule has 1 unspecified atom stereocenters. The lowest BCUT2D eigenvalue weighted by Crippen LogP contribution is -2.44.